The molecule has 1 aromatic heterocycles. The highest BCUT2D eigenvalue weighted by atomic mass is 35.5. The molecule has 0 spiro atoms. The molecule has 2 rings (SSSR count). The van der Waals surface area contributed by atoms with E-state index >= 15 is 0 Å². The van der Waals surface area contributed by atoms with Gasteiger partial charge in [0, 0.05) is 38.6 Å². The second kappa shape index (κ2) is 6.61. The summed E-state index contributed by atoms with van der Waals surface area (Å²) >= 11 is 0. The molecule has 96 valence electrons. The third-order valence-corrected chi connectivity index (χ3v) is 2.83. The maximum Gasteiger partial charge on any atom is 0.225 e. The zero-order valence-electron chi connectivity index (χ0n) is 9.93. The molecule has 0 aromatic carbocycles. The van der Waals surface area contributed by atoms with Gasteiger partial charge in [-0.05, 0) is 12.0 Å². The Labute approximate surface area is 107 Å². The predicted octanol–water partition coefficient (Wildman–Crippen LogP) is 0.277. The maximum atomic E-state index is 11.6. The second-order valence-electron chi connectivity index (χ2n) is 4.43. The average Bonchev–Trinajstić information content (AvgIpc) is 2.64. The van der Waals surface area contributed by atoms with Crippen molar-refractivity contribution < 1.29 is 4.79 Å². The molecule has 5 nitrogen and oxygen atoms in total. The molecule has 1 aromatic rings. The number of hydrogen-bond acceptors (Lipinski definition) is 3. The molecule has 1 amide bonds. The van der Waals surface area contributed by atoms with E-state index in [2.05, 4.69) is 22.7 Å². The lowest BCUT2D eigenvalue weighted by molar-refractivity contribution is -0.126. The van der Waals surface area contributed by atoms with Crippen LogP contribution in [-0.2, 0) is 11.3 Å². The Hall–Kier alpha value is -1.07. The molecule has 1 saturated heterocycles. The summed E-state index contributed by atoms with van der Waals surface area (Å²) in [6, 6.07) is 1.91. The lowest BCUT2D eigenvalue weighted by Crippen LogP contribution is -2.51. The molecule has 17 heavy (non-hydrogen) atoms. The lowest BCUT2D eigenvalue weighted by atomic mass is 10.0. The maximum absolute atomic E-state index is 11.6. The van der Waals surface area contributed by atoms with Crippen LogP contribution in [0.15, 0.2) is 18.5 Å². The van der Waals surface area contributed by atoms with E-state index in [1.807, 2.05) is 16.9 Å². The zero-order chi connectivity index (χ0) is 11.4. The van der Waals surface area contributed by atoms with Crippen molar-refractivity contribution in [3.05, 3.63) is 18.5 Å². The second-order valence-corrected chi connectivity index (χ2v) is 4.43. The average molecular weight is 259 g/mol. The van der Waals surface area contributed by atoms with Crippen molar-refractivity contribution in [1.29, 1.82) is 0 Å². The first-order valence-corrected chi connectivity index (χ1v) is 5.71. The van der Waals surface area contributed by atoms with Gasteiger partial charge in [-0.3, -0.25) is 9.48 Å². The number of hydrogen-bond donors (Lipinski definition) is 2. The zero-order valence-corrected chi connectivity index (χ0v) is 10.7. The van der Waals surface area contributed by atoms with Gasteiger partial charge in [0.15, 0.2) is 0 Å². The highest BCUT2D eigenvalue weighted by Crippen LogP contribution is 2.03. The fraction of sp³-hybridized carbons (Fsp3) is 0.636. The Bertz CT molecular complexity index is 337. The van der Waals surface area contributed by atoms with Crippen LogP contribution >= 0.6 is 12.4 Å². The minimum Gasteiger partial charge on any atom is -0.355 e. The van der Waals surface area contributed by atoms with E-state index in [1.54, 1.807) is 6.20 Å². The first-order valence-electron chi connectivity index (χ1n) is 5.71. The van der Waals surface area contributed by atoms with Gasteiger partial charge in [-0.25, -0.2) is 0 Å². The number of carbonyl (C=O) groups is 1. The van der Waals surface area contributed by atoms with Crippen LogP contribution in [0.3, 0.4) is 0 Å². The lowest BCUT2D eigenvalue weighted by Gasteiger charge is -2.26. The molecule has 6 heteroatoms. The van der Waals surface area contributed by atoms with Crippen LogP contribution < -0.4 is 10.6 Å². The Morgan fingerprint density at radius 1 is 1.65 bits per heavy atom. The number of nitrogens with zero attached hydrogens (tertiary/aromatic N) is 2. The minimum atomic E-state index is 0. The van der Waals surface area contributed by atoms with Gasteiger partial charge in [0.2, 0.25) is 5.91 Å². The minimum absolute atomic E-state index is 0. The van der Waals surface area contributed by atoms with Crippen LogP contribution in [0.5, 0.6) is 0 Å². The molecule has 0 saturated carbocycles. The van der Waals surface area contributed by atoms with Crippen LogP contribution in [0.2, 0.25) is 0 Å². The summed E-state index contributed by atoms with van der Waals surface area (Å²) in [6.45, 7) is 5.31. The quantitative estimate of drug-likeness (QED) is 0.798. The SMILES string of the molecule is CC(CNC(=O)C1CNC1)Cn1cccn1.Cl. The van der Waals surface area contributed by atoms with E-state index in [0.717, 1.165) is 26.2 Å². The van der Waals surface area contributed by atoms with E-state index in [-0.39, 0.29) is 24.2 Å². The van der Waals surface area contributed by atoms with Crippen molar-refractivity contribution in [3.8, 4) is 0 Å². The Morgan fingerprint density at radius 2 is 2.41 bits per heavy atom. The standard InChI is InChI=1S/C11H18N4O.ClH/c1-9(8-15-4-2-3-14-15)5-13-11(16)10-6-12-7-10;/h2-4,9-10,12H,5-8H2,1H3,(H,13,16);1H. The summed E-state index contributed by atoms with van der Waals surface area (Å²) in [4.78, 5) is 11.6. The smallest absolute Gasteiger partial charge is 0.225 e. The van der Waals surface area contributed by atoms with Crippen molar-refractivity contribution in [2.24, 2.45) is 11.8 Å². The van der Waals surface area contributed by atoms with Gasteiger partial charge in [-0.15, -0.1) is 12.4 Å². The topological polar surface area (TPSA) is 59.0 Å². The fourth-order valence-electron chi connectivity index (χ4n) is 1.69. The van der Waals surface area contributed by atoms with E-state index in [0.29, 0.717) is 5.92 Å². The Kier molecular flexibility index (Phi) is 5.44. The normalized spacial score (nSPS) is 16.8. The highest BCUT2D eigenvalue weighted by Gasteiger charge is 2.24. The molecule has 0 aliphatic carbocycles. The van der Waals surface area contributed by atoms with Crippen molar-refractivity contribution in [3.63, 3.8) is 0 Å². The molecule has 2 heterocycles. The fourth-order valence-corrected chi connectivity index (χ4v) is 1.69. The molecule has 0 bridgehead atoms. The third-order valence-electron chi connectivity index (χ3n) is 2.83. The molecule has 1 unspecified atom stereocenters. The van der Waals surface area contributed by atoms with Gasteiger partial charge in [-0.1, -0.05) is 6.92 Å². The predicted molar refractivity (Wildman–Crippen MR) is 68.0 cm³/mol. The van der Waals surface area contributed by atoms with E-state index in [9.17, 15) is 4.79 Å². The van der Waals surface area contributed by atoms with Gasteiger partial charge in [0.1, 0.15) is 0 Å². The van der Waals surface area contributed by atoms with Crippen LogP contribution in [0.25, 0.3) is 0 Å². The third kappa shape index (κ3) is 4.02. The summed E-state index contributed by atoms with van der Waals surface area (Å²) < 4.78 is 1.89. The van der Waals surface area contributed by atoms with Gasteiger partial charge >= 0.3 is 0 Å². The molecular weight excluding hydrogens is 240 g/mol. The summed E-state index contributed by atoms with van der Waals surface area (Å²) in [6.07, 6.45) is 3.71. The molecule has 2 N–H and O–H groups in total. The first kappa shape index (κ1) is 14.0. The number of aromatic nitrogens is 2. The van der Waals surface area contributed by atoms with E-state index < -0.39 is 0 Å². The van der Waals surface area contributed by atoms with E-state index in [4.69, 9.17) is 0 Å². The first-order chi connectivity index (χ1) is 7.75. The van der Waals surface area contributed by atoms with Crippen LogP contribution in [0.4, 0.5) is 0 Å². The van der Waals surface area contributed by atoms with Crippen LogP contribution in [0, 0.1) is 11.8 Å². The van der Waals surface area contributed by atoms with Crippen molar-refractivity contribution in [1.82, 2.24) is 20.4 Å². The number of amides is 1. The number of rotatable bonds is 5. The highest BCUT2D eigenvalue weighted by molar-refractivity contribution is 5.85. The summed E-state index contributed by atoms with van der Waals surface area (Å²) in [5.41, 5.74) is 0. The van der Waals surface area contributed by atoms with Crippen molar-refractivity contribution >= 4 is 18.3 Å². The van der Waals surface area contributed by atoms with Gasteiger partial charge in [0.05, 0.1) is 5.92 Å². The van der Waals surface area contributed by atoms with Gasteiger partial charge in [0.25, 0.3) is 0 Å². The van der Waals surface area contributed by atoms with Crippen molar-refractivity contribution in [2.75, 3.05) is 19.6 Å². The molecule has 0 radical (unpaired) electrons. The summed E-state index contributed by atoms with van der Waals surface area (Å²) in [5, 5.41) is 10.2. The largest absolute Gasteiger partial charge is 0.355 e. The molecular formula is C11H19ClN4O. The number of carbonyl (C=O) groups excluding carboxylic acids is 1. The van der Waals surface area contributed by atoms with Gasteiger partial charge in [-0.2, -0.15) is 5.10 Å². The Morgan fingerprint density at radius 3 is 2.94 bits per heavy atom. The number of halogens is 1. The van der Waals surface area contributed by atoms with Gasteiger partial charge < -0.3 is 10.6 Å². The Balaban J connectivity index is 0.00000144. The van der Waals surface area contributed by atoms with Crippen LogP contribution in [0.1, 0.15) is 6.92 Å². The molecule has 1 fully saturated rings. The van der Waals surface area contributed by atoms with E-state index in [1.165, 1.54) is 0 Å². The van der Waals surface area contributed by atoms with Crippen LogP contribution in [-0.4, -0.2) is 35.3 Å². The molecule has 1 atom stereocenters. The molecule has 1 aliphatic heterocycles. The monoisotopic (exact) mass is 258 g/mol. The van der Waals surface area contributed by atoms with Crippen molar-refractivity contribution in [2.45, 2.75) is 13.5 Å². The summed E-state index contributed by atoms with van der Waals surface area (Å²) in [7, 11) is 0. The number of nitrogens with one attached hydrogen (secondary N) is 2. The molecule has 1 aliphatic rings. The summed E-state index contributed by atoms with van der Waals surface area (Å²) in [5.74, 6) is 0.750.